The van der Waals surface area contributed by atoms with Gasteiger partial charge in [0.25, 0.3) is 0 Å². The topological polar surface area (TPSA) is 64.0 Å². The molecule has 0 unspecified atom stereocenters. The van der Waals surface area contributed by atoms with Crippen molar-refractivity contribution in [3.8, 4) is 0 Å². The zero-order valence-electron chi connectivity index (χ0n) is 11.6. The molecule has 1 aromatic carbocycles. The first kappa shape index (κ1) is 14.2. The number of benzene rings is 1. The predicted octanol–water partition coefficient (Wildman–Crippen LogP) is 2.67. The molecule has 21 heavy (non-hydrogen) atoms. The van der Waals surface area contributed by atoms with E-state index in [4.69, 9.17) is 0 Å². The molecule has 0 radical (unpaired) electrons. The molecule has 0 saturated carbocycles. The lowest BCUT2D eigenvalue weighted by atomic mass is 10.1. The van der Waals surface area contributed by atoms with Gasteiger partial charge in [0.1, 0.15) is 4.90 Å². The van der Waals surface area contributed by atoms with Crippen LogP contribution in [-0.4, -0.2) is 18.2 Å². The highest BCUT2D eigenvalue weighted by atomic mass is 32.2. The van der Waals surface area contributed by atoms with Crippen molar-refractivity contribution in [2.45, 2.75) is 17.9 Å². The fraction of sp³-hybridized carbons (Fsp3) is 0.214. The summed E-state index contributed by atoms with van der Waals surface area (Å²) in [5.74, 6) is 0. The summed E-state index contributed by atoms with van der Waals surface area (Å²) in [6, 6.07) is 7.68. The van der Waals surface area contributed by atoms with E-state index < -0.39 is 10.0 Å². The van der Waals surface area contributed by atoms with Crippen molar-refractivity contribution in [1.82, 2.24) is 14.5 Å². The Hall–Kier alpha value is -1.70. The smallest absolute Gasteiger partial charge is 0.244 e. The number of fused-ring (bicyclic) bond motifs is 1. The molecule has 2 heterocycles. The summed E-state index contributed by atoms with van der Waals surface area (Å²) in [5.41, 5.74) is 0.989. The van der Waals surface area contributed by atoms with E-state index in [9.17, 15) is 8.42 Å². The van der Waals surface area contributed by atoms with E-state index in [1.165, 1.54) is 17.1 Å². The van der Waals surface area contributed by atoms with Crippen molar-refractivity contribution in [2.24, 2.45) is 7.05 Å². The van der Waals surface area contributed by atoms with E-state index in [-0.39, 0.29) is 10.9 Å². The van der Waals surface area contributed by atoms with Gasteiger partial charge in [-0.3, -0.25) is 4.68 Å². The zero-order chi connectivity index (χ0) is 15.0. The highest BCUT2D eigenvalue weighted by Crippen LogP contribution is 2.30. The minimum absolute atomic E-state index is 0.177. The lowest BCUT2D eigenvalue weighted by Crippen LogP contribution is -2.26. The van der Waals surface area contributed by atoms with Gasteiger partial charge in [-0.2, -0.15) is 5.10 Å². The molecule has 3 aromatic rings. The number of aryl methyl sites for hydroxylation is 1. The Balaban J connectivity index is 1.91. The summed E-state index contributed by atoms with van der Waals surface area (Å²) in [5, 5.41) is 6.99. The van der Waals surface area contributed by atoms with Crippen LogP contribution < -0.4 is 4.72 Å². The van der Waals surface area contributed by atoms with Gasteiger partial charge in [-0.15, -0.1) is 11.3 Å². The quantitative estimate of drug-likeness (QED) is 0.803. The summed E-state index contributed by atoms with van der Waals surface area (Å²) in [6.07, 6.45) is 2.83. The van der Waals surface area contributed by atoms with E-state index in [1.54, 1.807) is 18.4 Å². The SMILES string of the molecule is C[C@@H](NS(=O)(=O)c1cnn(C)c1)c1csc2ccccc12. The number of sulfonamides is 1. The fourth-order valence-corrected chi connectivity index (χ4v) is 4.50. The fourth-order valence-electron chi connectivity index (χ4n) is 2.24. The summed E-state index contributed by atoms with van der Waals surface area (Å²) in [6.45, 7) is 1.85. The molecular formula is C14H15N3O2S2. The van der Waals surface area contributed by atoms with Crippen molar-refractivity contribution < 1.29 is 8.42 Å². The summed E-state index contributed by atoms with van der Waals surface area (Å²) < 4.78 is 30.0. The number of aromatic nitrogens is 2. The third-order valence-electron chi connectivity index (χ3n) is 3.30. The number of thiophene rings is 1. The molecule has 2 aromatic heterocycles. The van der Waals surface area contributed by atoms with Crippen LogP contribution in [0.5, 0.6) is 0 Å². The Bertz CT molecular complexity index is 880. The molecule has 7 heteroatoms. The molecule has 1 atom stereocenters. The van der Waals surface area contributed by atoms with Gasteiger partial charge in [0, 0.05) is 24.0 Å². The molecule has 110 valence electrons. The Morgan fingerprint density at radius 2 is 2.10 bits per heavy atom. The molecule has 5 nitrogen and oxygen atoms in total. The van der Waals surface area contributed by atoms with Gasteiger partial charge in [-0.1, -0.05) is 18.2 Å². The van der Waals surface area contributed by atoms with Crippen LogP contribution in [0.2, 0.25) is 0 Å². The van der Waals surface area contributed by atoms with Crippen molar-refractivity contribution in [1.29, 1.82) is 0 Å². The maximum Gasteiger partial charge on any atom is 0.244 e. The van der Waals surface area contributed by atoms with Gasteiger partial charge >= 0.3 is 0 Å². The van der Waals surface area contributed by atoms with E-state index in [2.05, 4.69) is 9.82 Å². The molecule has 0 aliphatic carbocycles. The van der Waals surface area contributed by atoms with E-state index >= 15 is 0 Å². The van der Waals surface area contributed by atoms with Crippen LogP contribution in [0.3, 0.4) is 0 Å². The first-order valence-corrected chi connectivity index (χ1v) is 8.81. The second-order valence-electron chi connectivity index (χ2n) is 4.88. The Labute approximate surface area is 127 Å². The molecule has 3 rings (SSSR count). The van der Waals surface area contributed by atoms with Crippen molar-refractivity contribution >= 4 is 31.4 Å². The second kappa shape index (κ2) is 5.25. The van der Waals surface area contributed by atoms with Crippen LogP contribution in [0, 0.1) is 0 Å². The maximum absolute atomic E-state index is 12.3. The first-order chi connectivity index (χ1) is 9.97. The van der Waals surface area contributed by atoms with Crippen LogP contribution in [-0.2, 0) is 17.1 Å². The van der Waals surface area contributed by atoms with Crippen molar-refractivity contribution in [3.05, 3.63) is 47.6 Å². The Morgan fingerprint density at radius 3 is 2.81 bits per heavy atom. The van der Waals surface area contributed by atoms with Crippen molar-refractivity contribution in [3.63, 3.8) is 0 Å². The predicted molar refractivity (Wildman–Crippen MR) is 83.8 cm³/mol. The largest absolute Gasteiger partial charge is 0.274 e. The molecular weight excluding hydrogens is 306 g/mol. The Kier molecular flexibility index (Phi) is 3.56. The molecule has 1 N–H and O–H groups in total. The minimum Gasteiger partial charge on any atom is -0.274 e. The van der Waals surface area contributed by atoms with Crippen LogP contribution >= 0.6 is 11.3 Å². The van der Waals surface area contributed by atoms with Gasteiger partial charge in [-0.25, -0.2) is 13.1 Å². The average molecular weight is 321 g/mol. The maximum atomic E-state index is 12.3. The third-order valence-corrected chi connectivity index (χ3v) is 5.78. The molecule has 0 amide bonds. The number of nitrogens with one attached hydrogen (secondary N) is 1. The van der Waals surface area contributed by atoms with Gasteiger partial charge in [0.15, 0.2) is 0 Å². The normalized spacial score (nSPS) is 13.6. The lowest BCUT2D eigenvalue weighted by molar-refractivity contribution is 0.567. The number of rotatable bonds is 4. The average Bonchev–Trinajstić information content (AvgIpc) is 3.04. The van der Waals surface area contributed by atoms with Crippen LogP contribution in [0.15, 0.2) is 46.9 Å². The number of hydrogen-bond donors (Lipinski definition) is 1. The lowest BCUT2D eigenvalue weighted by Gasteiger charge is -2.13. The molecule has 0 aliphatic rings. The molecule has 0 aliphatic heterocycles. The van der Waals surface area contributed by atoms with Crippen LogP contribution in [0.1, 0.15) is 18.5 Å². The van der Waals surface area contributed by atoms with E-state index in [0.29, 0.717) is 0 Å². The molecule has 0 fully saturated rings. The van der Waals surface area contributed by atoms with Crippen molar-refractivity contribution in [2.75, 3.05) is 0 Å². The van der Waals surface area contributed by atoms with E-state index in [0.717, 1.165) is 15.6 Å². The minimum atomic E-state index is -3.56. The second-order valence-corrected chi connectivity index (χ2v) is 7.51. The highest BCUT2D eigenvalue weighted by Gasteiger charge is 2.21. The molecule has 0 spiro atoms. The molecule has 0 saturated heterocycles. The van der Waals surface area contributed by atoms with Gasteiger partial charge in [0.2, 0.25) is 10.0 Å². The summed E-state index contributed by atoms with van der Waals surface area (Å²) in [4.78, 5) is 0.177. The van der Waals surface area contributed by atoms with E-state index in [1.807, 2.05) is 36.6 Å². The summed E-state index contributed by atoms with van der Waals surface area (Å²) in [7, 11) is -1.87. The molecule has 0 bridgehead atoms. The van der Waals surface area contributed by atoms with Crippen LogP contribution in [0.25, 0.3) is 10.1 Å². The summed E-state index contributed by atoms with van der Waals surface area (Å²) >= 11 is 1.62. The Morgan fingerprint density at radius 1 is 1.33 bits per heavy atom. The zero-order valence-corrected chi connectivity index (χ0v) is 13.3. The standard InChI is InChI=1S/C14H15N3O2S2/c1-10(13-9-20-14-6-4-3-5-12(13)14)16-21(18,19)11-7-15-17(2)8-11/h3-10,16H,1-2H3/t10-/m1/s1. The third kappa shape index (κ3) is 2.72. The van der Waals surface area contributed by atoms with Crippen LogP contribution in [0.4, 0.5) is 0 Å². The monoisotopic (exact) mass is 321 g/mol. The van der Waals surface area contributed by atoms with Gasteiger partial charge in [-0.05, 0) is 29.3 Å². The highest BCUT2D eigenvalue weighted by molar-refractivity contribution is 7.89. The number of nitrogens with zero attached hydrogens (tertiary/aromatic N) is 2. The van der Waals surface area contributed by atoms with Gasteiger partial charge < -0.3 is 0 Å². The van der Waals surface area contributed by atoms with Gasteiger partial charge in [0.05, 0.1) is 6.20 Å². The first-order valence-electron chi connectivity index (χ1n) is 6.44. The number of hydrogen-bond acceptors (Lipinski definition) is 4.